The van der Waals surface area contributed by atoms with Crippen LogP contribution in [0.5, 0.6) is 0 Å². The van der Waals surface area contributed by atoms with Gasteiger partial charge in [-0.25, -0.2) is 4.98 Å². The lowest BCUT2D eigenvalue weighted by Gasteiger charge is -2.25. The van der Waals surface area contributed by atoms with Gasteiger partial charge in [0.15, 0.2) is 0 Å². The summed E-state index contributed by atoms with van der Waals surface area (Å²) in [6.45, 7) is 3.35. The molecule has 0 bridgehead atoms. The molecule has 0 saturated carbocycles. The standard InChI is InChI=1S/C11H14ClN3O4/c1-11(2,3-4-16)14-10(17)8-5-7(15(18)19)6-13-9(8)12/h5-6,16H,3-4H2,1-2H3,(H,14,17). The molecule has 0 unspecified atom stereocenters. The van der Waals surface area contributed by atoms with E-state index in [1.165, 1.54) is 0 Å². The van der Waals surface area contributed by atoms with Crippen molar-refractivity contribution in [1.29, 1.82) is 0 Å². The smallest absolute Gasteiger partial charge is 0.288 e. The van der Waals surface area contributed by atoms with Crippen molar-refractivity contribution in [1.82, 2.24) is 10.3 Å². The van der Waals surface area contributed by atoms with Crippen molar-refractivity contribution in [2.75, 3.05) is 6.61 Å². The number of carbonyl (C=O) groups is 1. The molecule has 7 nitrogen and oxygen atoms in total. The highest BCUT2D eigenvalue weighted by atomic mass is 35.5. The second kappa shape index (κ2) is 5.94. The summed E-state index contributed by atoms with van der Waals surface area (Å²) < 4.78 is 0. The molecule has 0 aliphatic rings. The minimum Gasteiger partial charge on any atom is -0.396 e. The lowest BCUT2D eigenvalue weighted by molar-refractivity contribution is -0.385. The predicted octanol–water partition coefficient (Wildman–Crippen LogP) is 1.53. The number of aromatic nitrogens is 1. The summed E-state index contributed by atoms with van der Waals surface area (Å²) in [6, 6.07) is 1.07. The molecule has 0 atom stereocenters. The average Bonchev–Trinajstić information content (AvgIpc) is 2.28. The van der Waals surface area contributed by atoms with E-state index in [0.717, 1.165) is 12.3 Å². The lowest BCUT2D eigenvalue weighted by atomic mass is 10.0. The number of nitrogens with zero attached hydrogens (tertiary/aromatic N) is 2. The molecule has 0 aromatic carbocycles. The molecule has 1 aromatic heterocycles. The van der Waals surface area contributed by atoms with Gasteiger partial charge in [-0.3, -0.25) is 14.9 Å². The number of hydrogen-bond acceptors (Lipinski definition) is 5. The topological polar surface area (TPSA) is 105 Å². The largest absolute Gasteiger partial charge is 0.396 e. The second-order valence-electron chi connectivity index (χ2n) is 4.60. The molecule has 1 aromatic rings. The van der Waals surface area contributed by atoms with Crippen LogP contribution in [-0.2, 0) is 0 Å². The van der Waals surface area contributed by atoms with Crippen LogP contribution < -0.4 is 5.32 Å². The number of nitro groups is 1. The van der Waals surface area contributed by atoms with Crippen LogP contribution in [0.4, 0.5) is 5.69 Å². The molecule has 0 aliphatic heterocycles. The SMILES string of the molecule is CC(C)(CCO)NC(=O)c1cc([N+](=O)[O-])cnc1Cl. The van der Waals surface area contributed by atoms with Gasteiger partial charge in [0.1, 0.15) is 11.3 Å². The third-order valence-corrected chi connectivity index (χ3v) is 2.77. The van der Waals surface area contributed by atoms with Gasteiger partial charge in [0.2, 0.25) is 0 Å². The maximum absolute atomic E-state index is 12.0. The third-order valence-electron chi connectivity index (χ3n) is 2.47. The molecule has 0 fully saturated rings. The van der Waals surface area contributed by atoms with Crippen LogP contribution in [0.2, 0.25) is 5.15 Å². The second-order valence-corrected chi connectivity index (χ2v) is 4.96. The molecule has 19 heavy (non-hydrogen) atoms. The fourth-order valence-corrected chi connectivity index (χ4v) is 1.60. The molecule has 1 heterocycles. The molecule has 104 valence electrons. The van der Waals surface area contributed by atoms with E-state index in [2.05, 4.69) is 10.3 Å². The van der Waals surface area contributed by atoms with E-state index in [0.29, 0.717) is 6.42 Å². The summed E-state index contributed by atoms with van der Waals surface area (Å²) in [5.41, 5.74) is -1.03. The van der Waals surface area contributed by atoms with Crippen molar-refractivity contribution in [2.45, 2.75) is 25.8 Å². The van der Waals surface area contributed by atoms with Crippen LogP contribution in [0.3, 0.4) is 0 Å². The van der Waals surface area contributed by atoms with E-state index < -0.39 is 16.4 Å². The number of halogens is 1. The van der Waals surface area contributed by atoms with E-state index >= 15 is 0 Å². The summed E-state index contributed by atoms with van der Waals surface area (Å²) in [5.74, 6) is -0.570. The van der Waals surface area contributed by atoms with Gasteiger partial charge in [0.25, 0.3) is 11.6 Å². The van der Waals surface area contributed by atoms with E-state index in [4.69, 9.17) is 16.7 Å². The Morgan fingerprint density at radius 2 is 2.26 bits per heavy atom. The number of rotatable bonds is 5. The van der Waals surface area contributed by atoms with Crippen LogP contribution >= 0.6 is 11.6 Å². The number of hydrogen-bond donors (Lipinski definition) is 2. The Morgan fingerprint density at radius 1 is 1.63 bits per heavy atom. The van der Waals surface area contributed by atoms with Crippen LogP contribution in [0, 0.1) is 10.1 Å². The lowest BCUT2D eigenvalue weighted by Crippen LogP contribution is -2.44. The number of pyridine rings is 1. The highest BCUT2D eigenvalue weighted by molar-refractivity contribution is 6.32. The van der Waals surface area contributed by atoms with Gasteiger partial charge in [-0.15, -0.1) is 0 Å². The van der Waals surface area contributed by atoms with Crippen molar-refractivity contribution in [3.8, 4) is 0 Å². The minimum absolute atomic E-state index is 0.0677. The van der Waals surface area contributed by atoms with Crippen molar-refractivity contribution in [2.24, 2.45) is 0 Å². The fraction of sp³-hybridized carbons (Fsp3) is 0.455. The molecule has 0 saturated heterocycles. The van der Waals surface area contributed by atoms with Crippen LogP contribution in [-0.4, -0.2) is 33.1 Å². The zero-order valence-electron chi connectivity index (χ0n) is 10.5. The van der Waals surface area contributed by atoms with Gasteiger partial charge in [0.05, 0.1) is 10.5 Å². The van der Waals surface area contributed by atoms with Crippen molar-refractivity contribution in [3.05, 3.63) is 33.1 Å². The Morgan fingerprint density at radius 3 is 2.79 bits per heavy atom. The van der Waals surface area contributed by atoms with Gasteiger partial charge in [-0.05, 0) is 20.3 Å². The average molecular weight is 288 g/mol. The molecule has 0 radical (unpaired) electrons. The summed E-state index contributed by atoms with van der Waals surface area (Å²) in [7, 11) is 0. The molecule has 0 spiro atoms. The first-order valence-corrected chi connectivity index (χ1v) is 5.88. The van der Waals surface area contributed by atoms with Crippen molar-refractivity contribution >= 4 is 23.2 Å². The monoisotopic (exact) mass is 287 g/mol. The number of aliphatic hydroxyl groups excluding tert-OH is 1. The van der Waals surface area contributed by atoms with Gasteiger partial charge in [0, 0.05) is 18.2 Å². The molecule has 1 rings (SSSR count). The fourth-order valence-electron chi connectivity index (χ4n) is 1.41. The van der Waals surface area contributed by atoms with Gasteiger partial charge in [-0.1, -0.05) is 11.6 Å². The van der Waals surface area contributed by atoms with Gasteiger partial charge < -0.3 is 10.4 Å². The van der Waals surface area contributed by atoms with Crippen molar-refractivity contribution < 1.29 is 14.8 Å². The van der Waals surface area contributed by atoms with Gasteiger partial charge >= 0.3 is 0 Å². The predicted molar refractivity (Wildman–Crippen MR) is 69.1 cm³/mol. The maximum Gasteiger partial charge on any atom is 0.288 e. The highest BCUT2D eigenvalue weighted by Crippen LogP contribution is 2.20. The Bertz CT molecular complexity index is 505. The maximum atomic E-state index is 12.0. The Labute approximate surface area is 114 Å². The highest BCUT2D eigenvalue weighted by Gasteiger charge is 2.23. The van der Waals surface area contributed by atoms with Crippen molar-refractivity contribution in [3.63, 3.8) is 0 Å². The zero-order valence-corrected chi connectivity index (χ0v) is 11.3. The summed E-state index contributed by atoms with van der Waals surface area (Å²) in [4.78, 5) is 25.6. The number of carbonyl (C=O) groups excluding carboxylic acids is 1. The molecule has 1 amide bonds. The van der Waals surface area contributed by atoms with Crippen LogP contribution in [0.15, 0.2) is 12.3 Å². The third kappa shape index (κ3) is 4.15. The molecular formula is C11H14ClN3O4. The number of aliphatic hydroxyl groups is 1. The van der Waals surface area contributed by atoms with E-state index in [9.17, 15) is 14.9 Å². The van der Waals surface area contributed by atoms with E-state index in [1.807, 2.05) is 0 Å². The van der Waals surface area contributed by atoms with Gasteiger partial charge in [-0.2, -0.15) is 0 Å². The number of nitrogens with one attached hydrogen (secondary N) is 1. The summed E-state index contributed by atoms with van der Waals surface area (Å²) in [5, 5.41) is 22.0. The number of amides is 1. The van der Waals surface area contributed by atoms with Crippen LogP contribution in [0.25, 0.3) is 0 Å². The van der Waals surface area contributed by atoms with E-state index in [-0.39, 0.29) is 23.0 Å². The summed E-state index contributed by atoms with van der Waals surface area (Å²) in [6.07, 6.45) is 1.33. The molecule has 2 N–H and O–H groups in total. The molecular weight excluding hydrogens is 274 g/mol. The summed E-state index contributed by atoms with van der Waals surface area (Å²) >= 11 is 5.76. The first-order chi connectivity index (χ1) is 8.76. The Hall–Kier alpha value is -1.73. The van der Waals surface area contributed by atoms with Crippen LogP contribution in [0.1, 0.15) is 30.6 Å². The first kappa shape index (κ1) is 15.3. The Kier molecular flexibility index (Phi) is 4.79. The van der Waals surface area contributed by atoms with E-state index in [1.54, 1.807) is 13.8 Å². The minimum atomic E-state index is -0.654. The normalized spacial score (nSPS) is 11.2. The molecule has 0 aliphatic carbocycles. The zero-order chi connectivity index (χ0) is 14.6. The Balaban J connectivity index is 2.99. The quantitative estimate of drug-likeness (QED) is 0.485. The first-order valence-electron chi connectivity index (χ1n) is 5.50. The molecule has 8 heteroatoms.